The zero-order valence-electron chi connectivity index (χ0n) is 5.88. The van der Waals surface area contributed by atoms with E-state index in [9.17, 15) is 0 Å². The third-order valence-corrected chi connectivity index (χ3v) is 0. The Bertz CT molecular complexity index is 23.6. The molecular weight excluding hydrogens is 124 g/mol. The summed E-state index contributed by atoms with van der Waals surface area (Å²) < 4.78 is 0. The highest BCUT2D eigenvalue weighted by atomic mass is 35.6. The molecule has 0 rings (SSSR count). The van der Waals surface area contributed by atoms with Crippen molar-refractivity contribution in [1.29, 1.82) is 0 Å². The van der Waals surface area contributed by atoms with E-state index in [1.165, 1.54) is 0 Å². The molecule has 7 heavy (non-hydrogen) atoms. The lowest BCUT2D eigenvalue weighted by Crippen LogP contribution is -2.06. The second-order valence-electron chi connectivity index (χ2n) is 2.07. The molecule has 0 saturated heterocycles. The van der Waals surface area contributed by atoms with Crippen LogP contribution in [0.15, 0.2) is 0 Å². The van der Waals surface area contributed by atoms with Crippen molar-refractivity contribution >= 4 is 18.5 Å². The summed E-state index contributed by atoms with van der Waals surface area (Å²) in [5, 5.41) is 0. The van der Waals surface area contributed by atoms with Gasteiger partial charge in [0, 0.05) is 0 Å². The second kappa shape index (κ2) is 4.66. The Morgan fingerprint density at radius 3 is 1.00 bits per heavy atom. The molecule has 0 aromatic rings. The number of hydrogen-bond acceptors (Lipinski definition) is 0. The van der Waals surface area contributed by atoms with Gasteiger partial charge < -0.3 is 0 Å². The fourth-order valence-electron chi connectivity index (χ4n) is 0. The van der Waals surface area contributed by atoms with Crippen LogP contribution in [0.4, 0.5) is 0 Å². The summed E-state index contributed by atoms with van der Waals surface area (Å²) in [5.74, 6) is 0. The van der Waals surface area contributed by atoms with Gasteiger partial charge in [-0.2, -0.15) is 11.1 Å². The lowest BCUT2D eigenvalue weighted by molar-refractivity contribution is 1.50. The molecule has 0 aromatic carbocycles. The molecule has 0 unspecified atom stereocenters. The van der Waals surface area contributed by atoms with E-state index < -0.39 is 7.38 Å². The molecule has 0 nitrogen and oxygen atoms in total. The Morgan fingerprint density at radius 2 is 1.00 bits per heavy atom. The fourth-order valence-corrected chi connectivity index (χ4v) is 0. The van der Waals surface area contributed by atoms with Gasteiger partial charge in [0.05, 0.1) is 0 Å². The minimum Gasteiger partial charge on any atom is -0.168 e. The first-order valence-corrected chi connectivity index (χ1v) is 7.20. The predicted octanol–water partition coefficient (Wildman–Crippen LogP) is 3.09. The zero-order valence-corrected chi connectivity index (χ0v) is 7.63. The molecular formula is C5H15ClSi. The van der Waals surface area contributed by atoms with Crippen molar-refractivity contribution in [3.63, 3.8) is 0 Å². The van der Waals surface area contributed by atoms with Crippen molar-refractivity contribution in [2.45, 2.75) is 33.5 Å². The highest BCUT2D eigenvalue weighted by molar-refractivity contribution is 7.18. The van der Waals surface area contributed by atoms with E-state index in [1.54, 1.807) is 0 Å². The van der Waals surface area contributed by atoms with Gasteiger partial charge >= 0.3 is 0 Å². The van der Waals surface area contributed by atoms with Crippen molar-refractivity contribution in [2.75, 3.05) is 0 Å². The molecule has 0 saturated carbocycles. The predicted molar refractivity (Wildman–Crippen MR) is 40.5 cm³/mol. The molecule has 0 spiro atoms. The molecule has 0 fully saturated rings. The topological polar surface area (TPSA) is 0 Å². The van der Waals surface area contributed by atoms with Gasteiger partial charge in [-0.15, -0.1) is 0 Å². The Morgan fingerprint density at radius 1 is 1.00 bits per heavy atom. The average molecular weight is 139 g/mol. The van der Waals surface area contributed by atoms with Crippen LogP contribution in [0.3, 0.4) is 0 Å². The summed E-state index contributed by atoms with van der Waals surface area (Å²) in [5.41, 5.74) is 0. The van der Waals surface area contributed by atoms with Gasteiger partial charge in [0.25, 0.3) is 0 Å². The van der Waals surface area contributed by atoms with E-state index in [-0.39, 0.29) is 0 Å². The molecule has 0 aliphatic rings. The highest BCUT2D eigenvalue weighted by Gasteiger charge is 2.04. The van der Waals surface area contributed by atoms with E-state index in [4.69, 9.17) is 11.1 Å². The Kier molecular flexibility index (Phi) is 6.98. The second-order valence-corrected chi connectivity index (χ2v) is 9.60. The van der Waals surface area contributed by atoms with Gasteiger partial charge in [0.15, 0.2) is 0 Å². The summed E-state index contributed by atoms with van der Waals surface area (Å²) in [7, 11) is -1.14. The highest BCUT2D eigenvalue weighted by Crippen LogP contribution is 2.03. The van der Waals surface area contributed by atoms with Crippen LogP contribution in [0.2, 0.25) is 19.6 Å². The summed E-state index contributed by atoms with van der Waals surface area (Å²) >= 11 is 5.67. The Hall–Kier alpha value is 0.507. The molecule has 0 bridgehead atoms. The maximum Gasteiger partial charge on any atom is 0.147 e. The Balaban J connectivity index is 0. The largest absolute Gasteiger partial charge is 0.168 e. The third kappa shape index (κ3) is 514. The van der Waals surface area contributed by atoms with Crippen LogP contribution < -0.4 is 0 Å². The maximum atomic E-state index is 5.67. The number of halogens is 1. The standard InChI is InChI=1S/C3H9ClSi.C2H6/c1-5(2,3)4;1-2/h1-3H3;1-2H3. The first-order chi connectivity index (χ1) is 3.00. The summed E-state index contributed by atoms with van der Waals surface area (Å²) in [6.07, 6.45) is 0. The third-order valence-electron chi connectivity index (χ3n) is 0. The van der Waals surface area contributed by atoms with Crippen molar-refractivity contribution in [1.82, 2.24) is 0 Å². The van der Waals surface area contributed by atoms with Gasteiger partial charge in [-0.05, 0) is 0 Å². The van der Waals surface area contributed by atoms with E-state index in [0.29, 0.717) is 0 Å². The van der Waals surface area contributed by atoms with Gasteiger partial charge in [0.2, 0.25) is 0 Å². The van der Waals surface area contributed by atoms with Crippen LogP contribution >= 0.6 is 11.1 Å². The summed E-state index contributed by atoms with van der Waals surface area (Å²) in [4.78, 5) is 0. The van der Waals surface area contributed by atoms with Crippen molar-refractivity contribution < 1.29 is 0 Å². The monoisotopic (exact) mass is 138 g/mol. The van der Waals surface area contributed by atoms with Crippen LogP contribution in [-0.4, -0.2) is 7.38 Å². The molecule has 0 N–H and O–H groups in total. The summed E-state index contributed by atoms with van der Waals surface area (Å²) in [6.45, 7) is 10.3. The molecule has 0 aliphatic heterocycles. The zero-order chi connectivity index (χ0) is 6.50. The van der Waals surface area contributed by atoms with Crippen molar-refractivity contribution in [3.05, 3.63) is 0 Å². The van der Waals surface area contributed by atoms with Gasteiger partial charge in [-0.25, -0.2) is 0 Å². The average Bonchev–Trinajstić information content (AvgIpc) is 1.36. The lowest BCUT2D eigenvalue weighted by Gasteiger charge is -1.97. The quantitative estimate of drug-likeness (QED) is 0.357. The normalized spacial score (nSPS) is 9.43. The van der Waals surface area contributed by atoms with Gasteiger partial charge in [0.1, 0.15) is 7.38 Å². The van der Waals surface area contributed by atoms with Gasteiger partial charge in [-0.1, -0.05) is 33.5 Å². The Labute approximate surface area is 52.6 Å². The molecule has 0 aliphatic carbocycles. The first kappa shape index (κ1) is 10.5. The van der Waals surface area contributed by atoms with Crippen molar-refractivity contribution in [3.8, 4) is 0 Å². The molecule has 0 aromatic heterocycles. The van der Waals surface area contributed by atoms with Crippen LogP contribution in [0.5, 0.6) is 0 Å². The smallest absolute Gasteiger partial charge is 0.147 e. The van der Waals surface area contributed by atoms with Crippen LogP contribution in [-0.2, 0) is 0 Å². The summed E-state index contributed by atoms with van der Waals surface area (Å²) in [6, 6.07) is 0. The first-order valence-electron chi connectivity index (χ1n) is 2.69. The fraction of sp³-hybridized carbons (Fsp3) is 1.00. The molecule has 0 radical (unpaired) electrons. The maximum absolute atomic E-state index is 5.67. The minimum atomic E-state index is -1.14. The lowest BCUT2D eigenvalue weighted by atomic mass is 11.0. The molecule has 0 amide bonds. The number of rotatable bonds is 0. The minimum absolute atomic E-state index is 1.14. The van der Waals surface area contributed by atoms with E-state index in [2.05, 4.69) is 19.6 Å². The van der Waals surface area contributed by atoms with E-state index >= 15 is 0 Å². The van der Waals surface area contributed by atoms with Crippen LogP contribution in [0.1, 0.15) is 13.8 Å². The SMILES string of the molecule is CC.C[Si](C)(C)Cl. The number of hydrogen-bond donors (Lipinski definition) is 0. The van der Waals surface area contributed by atoms with Crippen LogP contribution in [0.25, 0.3) is 0 Å². The van der Waals surface area contributed by atoms with Crippen LogP contribution in [0, 0.1) is 0 Å². The molecule has 46 valence electrons. The molecule has 0 heterocycles. The molecule has 2 heteroatoms. The van der Waals surface area contributed by atoms with E-state index in [1.807, 2.05) is 13.8 Å². The van der Waals surface area contributed by atoms with Gasteiger partial charge in [-0.3, -0.25) is 0 Å². The van der Waals surface area contributed by atoms with Crippen molar-refractivity contribution in [2.24, 2.45) is 0 Å². The molecule has 0 atom stereocenters. The van der Waals surface area contributed by atoms with E-state index in [0.717, 1.165) is 0 Å².